The normalized spacial score (nSPS) is 10.5. The predicted molar refractivity (Wildman–Crippen MR) is 84.2 cm³/mol. The average Bonchev–Trinajstić information content (AvgIpc) is 2.56. The summed E-state index contributed by atoms with van der Waals surface area (Å²) in [7, 11) is 0. The highest BCUT2D eigenvalue weighted by Crippen LogP contribution is 2.16. The molecule has 0 aliphatic heterocycles. The van der Waals surface area contributed by atoms with Gasteiger partial charge < -0.3 is 5.32 Å². The van der Waals surface area contributed by atoms with Crippen molar-refractivity contribution in [1.29, 1.82) is 0 Å². The van der Waals surface area contributed by atoms with Crippen LogP contribution in [-0.4, -0.2) is 17.4 Å². The highest BCUT2D eigenvalue weighted by Gasteiger charge is 2.05. The Labute approximate surface area is 123 Å². The van der Waals surface area contributed by atoms with E-state index in [0.717, 1.165) is 17.3 Å². The van der Waals surface area contributed by atoms with Gasteiger partial charge in [-0.1, -0.05) is 36.4 Å². The van der Waals surface area contributed by atoms with Crippen LogP contribution in [-0.2, 0) is 6.42 Å². The first kappa shape index (κ1) is 13.3. The van der Waals surface area contributed by atoms with Gasteiger partial charge in [0.1, 0.15) is 0 Å². The number of nitrogens with zero attached hydrogens (tertiary/aromatic N) is 1. The summed E-state index contributed by atoms with van der Waals surface area (Å²) >= 11 is 0. The van der Waals surface area contributed by atoms with E-state index >= 15 is 0 Å². The van der Waals surface area contributed by atoms with Gasteiger partial charge in [-0.15, -0.1) is 0 Å². The van der Waals surface area contributed by atoms with Crippen molar-refractivity contribution in [3.63, 3.8) is 0 Å². The Hall–Kier alpha value is -2.68. The largest absolute Gasteiger partial charge is 0.352 e. The maximum Gasteiger partial charge on any atom is 0.251 e. The summed E-state index contributed by atoms with van der Waals surface area (Å²) in [4.78, 5) is 16.3. The lowest BCUT2D eigenvalue weighted by molar-refractivity contribution is 0.0954. The van der Waals surface area contributed by atoms with Crippen LogP contribution in [0.2, 0.25) is 0 Å². The van der Waals surface area contributed by atoms with Gasteiger partial charge >= 0.3 is 0 Å². The predicted octanol–water partition coefficient (Wildman–Crippen LogP) is 3.21. The molecular weight excluding hydrogens is 260 g/mol. The number of amides is 1. The van der Waals surface area contributed by atoms with Crippen molar-refractivity contribution in [3.05, 3.63) is 78.0 Å². The average molecular weight is 276 g/mol. The molecule has 1 amide bonds. The van der Waals surface area contributed by atoms with Crippen molar-refractivity contribution in [3.8, 4) is 0 Å². The van der Waals surface area contributed by atoms with Crippen molar-refractivity contribution >= 4 is 16.8 Å². The van der Waals surface area contributed by atoms with Crippen molar-refractivity contribution in [1.82, 2.24) is 10.3 Å². The molecule has 2 aromatic carbocycles. The van der Waals surface area contributed by atoms with Crippen LogP contribution in [0.15, 0.2) is 66.9 Å². The van der Waals surface area contributed by atoms with Gasteiger partial charge in [0, 0.05) is 23.7 Å². The molecule has 0 aliphatic carbocycles. The summed E-state index contributed by atoms with van der Waals surface area (Å²) in [6.45, 7) is 0.613. The van der Waals surface area contributed by atoms with Crippen LogP contribution >= 0.6 is 0 Å². The topological polar surface area (TPSA) is 42.0 Å². The second kappa shape index (κ2) is 6.18. The number of rotatable bonds is 4. The molecule has 1 heterocycles. The molecule has 0 bridgehead atoms. The van der Waals surface area contributed by atoms with E-state index in [1.54, 1.807) is 6.20 Å². The molecule has 104 valence electrons. The molecule has 3 aromatic rings. The van der Waals surface area contributed by atoms with Crippen molar-refractivity contribution < 1.29 is 4.79 Å². The Morgan fingerprint density at radius 2 is 1.81 bits per heavy atom. The molecule has 3 nitrogen and oxygen atoms in total. The molecule has 0 atom stereocenters. The van der Waals surface area contributed by atoms with Gasteiger partial charge in [0.2, 0.25) is 0 Å². The van der Waals surface area contributed by atoms with Crippen molar-refractivity contribution in [2.45, 2.75) is 6.42 Å². The van der Waals surface area contributed by atoms with Gasteiger partial charge in [0.05, 0.1) is 5.52 Å². The SMILES string of the molecule is O=C(NCCc1cccc2ncccc12)c1ccccc1. The van der Waals surface area contributed by atoms with E-state index in [9.17, 15) is 4.79 Å². The van der Waals surface area contributed by atoms with Crippen LogP contribution in [0.5, 0.6) is 0 Å². The number of fused-ring (bicyclic) bond motifs is 1. The summed E-state index contributed by atoms with van der Waals surface area (Å²) in [5.41, 5.74) is 2.88. The third-order valence-corrected chi connectivity index (χ3v) is 3.45. The highest BCUT2D eigenvalue weighted by atomic mass is 16.1. The lowest BCUT2D eigenvalue weighted by atomic mass is 10.1. The Bertz CT molecular complexity index is 748. The molecule has 0 aliphatic rings. The van der Waals surface area contributed by atoms with E-state index in [1.165, 1.54) is 5.56 Å². The maximum absolute atomic E-state index is 12.0. The van der Waals surface area contributed by atoms with Crippen molar-refractivity contribution in [2.24, 2.45) is 0 Å². The molecule has 0 saturated heterocycles. The number of benzene rings is 2. The monoisotopic (exact) mass is 276 g/mol. The Morgan fingerprint density at radius 1 is 0.952 bits per heavy atom. The fraction of sp³-hybridized carbons (Fsp3) is 0.111. The van der Waals surface area contributed by atoms with Crippen LogP contribution in [0.25, 0.3) is 10.9 Å². The van der Waals surface area contributed by atoms with Gasteiger partial charge in [0.15, 0.2) is 0 Å². The van der Waals surface area contributed by atoms with Crippen LogP contribution in [0, 0.1) is 0 Å². The minimum atomic E-state index is -0.0334. The molecule has 0 saturated carbocycles. The van der Waals surface area contributed by atoms with E-state index < -0.39 is 0 Å². The number of nitrogens with one attached hydrogen (secondary N) is 1. The molecular formula is C18H16N2O. The second-order valence-electron chi connectivity index (χ2n) is 4.86. The first-order chi connectivity index (χ1) is 10.3. The summed E-state index contributed by atoms with van der Waals surface area (Å²) in [6, 6.07) is 19.4. The zero-order valence-corrected chi connectivity index (χ0v) is 11.6. The molecule has 1 N–H and O–H groups in total. The second-order valence-corrected chi connectivity index (χ2v) is 4.86. The van der Waals surface area contributed by atoms with E-state index in [4.69, 9.17) is 0 Å². The standard InChI is InChI=1S/C18H16N2O/c21-18(15-6-2-1-3-7-15)20-13-11-14-8-4-10-17-16(14)9-5-12-19-17/h1-10,12H,11,13H2,(H,20,21). The fourth-order valence-electron chi connectivity index (χ4n) is 2.39. The zero-order valence-electron chi connectivity index (χ0n) is 11.6. The van der Waals surface area contributed by atoms with E-state index in [2.05, 4.69) is 22.4 Å². The van der Waals surface area contributed by atoms with Gasteiger partial charge in [-0.25, -0.2) is 0 Å². The quantitative estimate of drug-likeness (QED) is 0.795. The van der Waals surface area contributed by atoms with Gasteiger partial charge in [-0.3, -0.25) is 9.78 Å². The van der Waals surface area contributed by atoms with Gasteiger partial charge in [-0.2, -0.15) is 0 Å². The van der Waals surface area contributed by atoms with Gasteiger partial charge in [-0.05, 0) is 36.2 Å². The molecule has 3 heteroatoms. The van der Waals surface area contributed by atoms with Crippen LogP contribution in [0.4, 0.5) is 0 Å². The van der Waals surface area contributed by atoms with Crippen LogP contribution in [0.3, 0.4) is 0 Å². The first-order valence-electron chi connectivity index (χ1n) is 7.00. The van der Waals surface area contributed by atoms with E-state index in [0.29, 0.717) is 12.1 Å². The Balaban J connectivity index is 1.66. The lowest BCUT2D eigenvalue weighted by Gasteiger charge is -2.07. The summed E-state index contributed by atoms with van der Waals surface area (Å²) in [5, 5.41) is 4.10. The number of aromatic nitrogens is 1. The minimum absolute atomic E-state index is 0.0334. The fourth-order valence-corrected chi connectivity index (χ4v) is 2.39. The molecule has 3 rings (SSSR count). The maximum atomic E-state index is 12.0. The summed E-state index contributed by atoms with van der Waals surface area (Å²) in [5.74, 6) is -0.0334. The number of hydrogen-bond acceptors (Lipinski definition) is 2. The number of carbonyl (C=O) groups is 1. The lowest BCUT2D eigenvalue weighted by Crippen LogP contribution is -2.25. The van der Waals surface area contributed by atoms with E-state index in [1.807, 2.05) is 48.5 Å². The summed E-state index contributed by atoms with van der Waals surface area (Å²) in [6.07, 6.45) is 2.59. The van der Waals surface area contributed by atoms with Crippen LogP contribution in [0.1, 0.15) is 15.9 Å². The Kier molecular flexibility index (Phi) is 3.92. The molecule has 0 fully saturated rings. The third-order valence-electron chi connectivity index (χ3n) is 3.45. The molecule has 1 aromatic heterocycles. The molecule has 0 spiro atoms. The van der Waals surface area contributed by atoms with Crippen LogP contribution < -0.4 is 5.32 Å². The van der Waals surface area contributed by atoms with E-state index in [-0.39, 0.29) is 5.91 Å². The number of pyridine rings is 1. The highest BCUT2D eigenvalue weighted by molar-refractivity contribution is 5.94. The summed E-state index contributed by atoms with van der Waals surface area (Å²) < 4.78 is 0. The van der Waals surface area contributed by atoms with Gasteiger partial charge in [0.25, 0.3) is 5.91 Å². The minimum Gasteiger partial charge on any atom is -0.352 e. The Morgan fingerprint density at radius 3 is 2.67 bits per heavy atom. The third kappa shape index (κ3) is 3.08. The zero-order chi connectivity index (χ0) is 14.5. The molecule has 0 radical (unpaired) electrons. The number of hydrogen-bond donors (Lipinski definition) is 1. The van der Waals surface area contributed by atoms with Crippen molar-refractivity contribution in [2.75, 3.05) is 6.54 Å². The smallest absolute Gasteiger partial charge is 0.251 e. The first-order valence-corrected chi connectivity index (χ1v) is 7.00. The molecule has 0 unspecified atom stereocenters. The number of carbonyl (C=O) groups excluding carboxylic acids is 1. The molecule has 21 heavy (non-hydrogen) atoms.